The van der Waals surface area contributed by atoms with E-state index >= 15 is 0 Å². The molecule has 1 heterocycles. The molecule has 1 aromatic rings. The largest absolute Gasteiger partial charge is 0.323 e. The number of aromatic amines is 1. The average Bonchev–Trinajstić information content (AvgIpc) is 2.67. The number of nitrogens with zero attached hydrogens (tertiary/aromatic N) is 1. The number of hydrogen-bond donors (Lipinski definition) is 2. The van der Waals surface area contributed by atoms with Gasteiger partial charge in [-0.05, 0) is 57.3 Å². The molecular formula is C13H23N3. The highest BCUT2D eigenvalue weighted by Gasteiger charge is 2.13. The van der Waals surface area contributed by atoms with Crippen LogP contribution in [-0.4, -0.2) is 24.3 Å². The van der Waals surface area contributed by atoms with Crippen molar-refractivity contribution in [3.05, 3.63) is 23.5 Å². The van der Waals surface area contributed by atoms with E-state index in [2.05, 4.69) is 35.4 Å². The van der Waals surface area contributed by atoms with Gasteiger partial charge in [0.1, 0.15) is 0 Å². The van der Waals surface area contributed by atoms with Gasteiger partial charge in [0, 0.05) is 0 Å². The molecule has 0 fully saturated rings. The molecule has 0 bridgehead atoms. The summed E-state index contributed by atoms with van der Waals surface area (Å²) >= 11 is 0. The lowest BCUT2D eigenvalue weighted by Crippen LogP contribution is -2.01. The molecule has 2 N–H and O–H groups in total. The second-order valence-electron chi connectivity index (χ2n) is 4.54. The van der Waals surface area contributed by atoms with E-state index in [9.17, 15) is 0 Å². The predicted molar refractivity (Wildman–Crippen MR) is 69.3 cm³/mol. The molecule has 1 aliphatic rings. The van der Waals surface area contributed by atoms with Gasteiger partial charge in [-0.3, -0.25) is 5.10 Å². The van der Waals surface area contributed by atoms with Crippen molar-refractivity contribution in [3.8, 4) is 0 Å². The first kappa shape index (κ1) is 13.0. The van der Waals surface area contributed by atoms with Gasteiger partial charge in [0.15, 0.2) is 0 Å². The maximum atomic E-state index is 4.05. The number of allylic oxidation sites excluding steroid dienone is 2. The predicted octanol–water partition coefficient (Wildman–Crippen LogP) is 2.76. The second-order valence-corrected chi connectivity index (χ2v) is 4.54. The first-order valence-electron chi connectivity index (χ1n) is 5.96. The normalized spacial score (nSPS) is 19.8. The molecule has 1 unspecified atom stereocenters. The average molecular weight is 221 g/mol. The molecular weight excluding hydrogens is 198 g/mol. The van der Waals surface area contributed by atoms with Crippen molar-refractivity contribution < 1.29 is 0 Å². The fraction of sp³-hybridized carbons (Fsp3) is 0.615. The van der Waals surface area contributed by atoms with Crippen LogP contribution in [0.3, 0.4) is 0 Å². The van der Waals surface area contributed by atoms with Crippen LogP contribution in [0.1, 0.15) is 37.4 Å². The smallest absolute Gasteiger partial charge is 0.0635 e. The summed E-state index contributed by atoms with van der Waals surface area (Å²) < 4.78 is 0. The minimum absolute atomic E-state index is 0.854. The quantitative estimate of drug-likeness (QED) is 0.765. The van der Waals surface area contributed by atoms with Crippen LogP contribution in [0.5, 0.6) is 0 Å². The summed E-state index contributed by atoms with van der Waals surface area (Å²) in [6.07, 6.45) is 7.98. The Morgan fingerprint density at radius 1 is 1.44 bits per heavy atom. The molecule has 1 aromatic heterocycles. The first-order chi connectivity index (χ1) is 7.69. The minimum Gasteiger partial charge on any atom is -0.323 e. The molecule has 0 aromatic carbocycles. The third-order valence-electron chi connectivity index (χ3n) is 2.82. The molecule has 0 amide bonds. The molecule has 0 aliphatic heterocycles. The van der Waals surface area contributed by atoms with E-state index in [-0.39, 0.29) is 0 Å². The summed E-state index contributed by atoms with van der Waals surface area (Å²) in [5.41, 5.74) is 3.96. The molecule has 0 saturated carbocycles. The van der Waals surface area contributed by atoms with E-state index in [1.165, 1.54) is 36.1 Å². The number of nitrogens with one attached hydrogen (secondary N) is 2. The van der Waals surface area contributed by atoms with Crippen molar-refractivity contribution in [1.82, 2.24) is 15.5 Å². The molecule has 0 spiro atoms. The number of aromatic nitrogens is 2. The summed E-state index contributed by atoms with van der Waals surface area (Å²) in [6, 6.07) is 0. The van der Waals surface area contributed by atoms with E-state index in [1.54, 1.807) is 0 Å². The Kier molecular flexibility index (Phi) is 5.26. The summed E-state index contributed by atoms with van der Waals surface area (Å²) in [5, 5.41) is 9.87. The van der Waals surface area contributed by atoms with Crippen LogP contribution in [-0.2, 0) is 0 Å². The Morgan fingerprint density at radius 2 is 2.12 bits per heavy atom. The Morgan fingerprint density at radius 3 is 2.56 bits per heavy atom. The molecule has 0 saturated heterocycles. The highest BCUT2D eigenvalue weighted by molar-refractivity contribution is 5.65. The molecule has 3 heteroatoms. The van der Waals surface area contributed by atoms with Gasteiger partial charge in [0.25, 0.3) is 0 Å². The van der Waals surface area contributed by atoms with E-state index in [4.69, 9.17) is 0 Å². The van der Waals surface area contributed by atoms with E-state index in [0.717, 1.165) is 5.92 Å². The minimum atomic E-state index is 0.854. The van der Waals surface area contributed by atoms with Crippen LogP contribution in [0.4, 0.5) is 0 Å². The zero-order valence-electron chi connectivity index (χ0n) is 10.8. The lowest BCUT2D eigenvalue weighted by Gasteiger charge is -2.17. The summed E-state index contributed by atoms with van der Waals surface area (Å²) in [6.45, 7) is 4.42. The van der Waals surface area contributed by atoms with Crippen LogP contribution in [0.25, 0.3) is 5.57 Å². The zero-order valence-corrected chi connectivity index (χ0v) is 10.8. The SMILES string of the molecule is CNC.Cc1cn[nH]c1C1=CCC(C)CC1. The molecule has 0 radical (unpaired) electrons. The van der Waals surface area contributed by atoms with Gasteiger partial charge >= 0.3 is 0 Å². The first-order valence-corrected chi connectivity index (χ1v) is 5.96. The lowest BCUT2D eigenvalue weighted by molar-refractivity contribution is 0.533. The van der Waals surface area contributed by atoms with Gasteiger partial charge in [0.05, 0.1) is 11.9 Å². The van der Waals surface area contributed by atoms with Crippen molar-refractivity contribution in [3.63, 3.8) is 0 Å². The van der Waals surface area contributed by atoms with Gasteiger partial charge in [-0.1, -0.05) is 13.0 Å². The van der Waals surface area contributed by atoms with Crippen molar-refractivity contribution in [2.24, 2.45) is 5.92 Å². The molecule has 2 rings (SSSR count). The zero-order chi connectivity index (χ0) is 12.0. The number of H-pyrrole nitrogens is 1. The monoisotopic (exact) mass is 221 g/mol. The number of rotatable bonds is 1. The fourth-order valence-corrected chi connectivity index (χ4v) is 1.86. The Bertz CT molecular complexity index is 339. The topological polar surface area (TPSA) is 40.7 Å². The van der Waals surface area contributed by atoms with Crippen LogP contribution in [0.15, 0.2) is 12.3 Å². The van der Waals surface area contributed by atoms with Crippen molar-refractivity contribution in [2.45, 2.75) is 33.1 Å². The highest BCUT2D eigenvalue weighted by atomic mass is 15.1. The Labute approximate surface area is 98.3 Å². The third-order valence-corrected chi connectivity index (χ3v) is 2.82. The molecule has 90 valence electrons. The third kappa shape index (κ3) is 3.49. The Balaban J connectivity index is 0.000000386. The Hall–Kier alpha value is -1.09. The van der Waals surface area contributed by atoms with Gasteiger partial charge < -0.3 is 5.32 Å². The highest BCUT2D eigenvalue weighted by Crippen LogP contribution is 2.29. The van der Waals surface area contributed by atoms with E-state index in [0.29, 0.717) is 0 Å². The summed E-state index contributed by atoms with van der Waals surface area (Å²) in [5.74, 6) is 0.854. The maximum Gasteiger partial charge on any atom is 0.0635 e. The standard InChI is InChI=1S/C11H16N2.C2H7N/c1-8-3-5-10(6-4-8)11-9(2)7-12-13-11;1-3-2/h5,7-8H,3-4,6H2,1-2H3,(H,12,13);3H,1-2H3. The number of aryl methyl sites for hydroxylation is 1. The van der Waals surface area contributed by atoms with Crippen molar-refractivity contribution in [2.75, 3.05) is 14.1 Å². The molecule has 1 atom stereocenters. The van der Waals surface area contributed by atoms with Crippen molar-refractivity contribution in [1.29, 1.82) is 0 Å². The lowest BCUT2D eigenvalue weighted by atomic mass is 9.89. The van der Waals surface area contributed by atoms with Crippen LogP contribution < -0.4 is 5.32 Å². The second kappa shape index (κ2) is 6.48. The summed E-state index contributed by atoms with van der Waals surface area (Å²) in [7, 11) is 3.75. The number of hydrogen-bond acceptors (Lipinski definition) is 2. The van der Waals surface area contributed by atoms with Crippen molar-refractivity contribution >= 4 is 5.57 Å². The van der Waals surface area contributed by atoms with Gasteiger partial charge in [-0.15, -0.1) is 0 Å². The van der Waals surface area contributed by atoms with Crippen LogP contribution in [0.2, 0.25) is 0 Å². The van der Waals surface area contributed by atoms with Crippen LogP contribution in [0, 0.1) is 12.8 Å². The van der Waals surface area contributed by atoms with Crippen LogP contribution >= 0.6 is 0 Å². The summed E-state index contributed by atoms with van der Waals surface area (Å²) in [4.78, 5) is 0. The fourth-order valence-electron chi connectivity index (χ4n) is 1.86. The molecule has 1 aliphatic carbocycles. The van der Waals surface area contributed by atoms with Gasteiger partial charge in [-0.25, -0.2) is 0 Å². The van der Waals surface area contributed by atoms with Gasteiger partial charge in [-0.2, -0.15) is 5.10 Å². The van der Waals surface area contributed by atoms with Gasteiger partial charge in [0.2, 0.25) is 0 Å². The van der Waals surface area contributed by atoms with E-state index in [1.807, 2.05) is 20.3 Å². The molecule has 16 heavy (non-hydrogen) atoms. The maximum absolute atomic E-state index is 4.05. The molecule has 3 nitrogen and oxygen atoms in total. The van der Waals surface area contributed by atoms with E-state index < -0.39 is 0 Å².